The van der Waals surface area contributed by atoms with Crippen LogP contribution >= 0.6 is 15.9 Å². The van der Waals surface area contributed by atoms with Gasteiger partial charge in [-0.3, -0.25) is 4.79 Å². The van der Waals surface area contributed by atoms with Crippen molar-refractivity contribution < 1.29 is 14.4 Å². The first-order valence-electron chi connectivity index (χ1n) is 8.25. The number of carbonyl (C=O) groups excluding carboxylic acids is 1. The lowest BCUT2D eigenvalue weighted by molar-refractivity contribution is -0.917. The van der Waals surface area contributed by atoms with Gasteiger partial charge in [0.15, 0.2) is 6.61 Å². The van der Waals surface area contributed by atoms with Gasteiger partial charge in [0, 0.05) is 10.0 Å². The van der Waals surface area contributed by atoms with Crippen LogP contribution in [0.4, 0.5) is 0 Å². The average molecular weight is 390 g/mol. The van der Waals surface area contributed by atoms with Crippen molar-refractivity contribution >= 4 is 21.8 Å². The monoisotopic (exact) mass is 389 g/mol. The van der Waals surface area contributed by atoms with Crippen molar-refractivity contribution in [3.63, 3.8) is 0 Å². The van der Waals surface area contributed by atoms with Gasteiger partial charge < -0.3 is 14.5 Å². The molecule has 1 aliphatic heterocycles. The van der Waals surface area contributed by atoms with Crippen molar-refractivity contribution in [1.29, 1.82) is 0 Å². The fraction of sp³-hybridized carbons (Fsp3) is 0.316. The van der Waals surface area contributed by atoms with Crippen molar-refractivity contribution in [3.05, 3.63) is 64.6 Å². The zero-order chi connectivity index (χ0) is 16.8. The summed E-state index contributed by atoms with van der Waals surface area (Å²) >= 11 is 3.61. The van der Waals surface area contributed by atoms with Gasteiger partial charge in [-0.2, -0.15) is 0 Å². The number of piperazine rings is 1. The number of carbonyl (C=O) groups is 1. The average Bonchev–Trinajstić information content (AvgIpc) is 2.63. The van der Waals surface area contributed by atoms with Crippen molar-refractivity contribution in [2.24, 2.45) is 0 Å². The molecule has 4 nitrogen and oxygen atoms in total. The number of rotatable bonds is 5. The first-order valence-corrected chi connectivity index (χ1v) is 9.04. The predicted molar refractivity (Wildman–Crippen MR) is 97.1 cm³/mol. The second kappa shape index (κ2) is 8.31. The molecule has 0 atom stereocenters. The minimum atomic E-state index is 0.0683. The number of amides is 1. The molecule has 126 valence electrons. The number of ether oxygens (including phenoxy) is 1. The van der Waals surface area contributed by atoms with Crippen molar-refractivity contribution in [1.82, 2.24) is 4.90 Å². The van der Waals surface area contributed by atoms with E-state index in [9.17, 15) is 4.79 Å². The third-order valence-electron chi connectivity index (χ3n) is 4.33. The van der Waals surface area contributed by atoms with Crippen LogP contribution in [0, 0.1) is 0 Å². The minimum Gasteiger partial charge on any atom is -0.484 e. The Kier molecular flexibility index (Phi) is 5.88. The summed E-state index contributed by atoms with van der Waals surface area (Å²) in [7, 11) is 0. The number of benzene rings is 2. The molecule has 1 heterocycles. The highest BCUT2D eigenvalue weighted by Gasteiger charge is 2.24. The Bertz CT molecular complexity index is 670. The largest absolute Gasteiger partial charge is 0.484 e. The fourth-order valence-electron chi connectivity index (χ4n) is 2.91. The van der Waals surface area contributed by atoms with Crippen molar-refractivity contribution in [2.75, 3.05) is 32.8 Å². The first kappa shape index (κ1) is 17.0. The van der Waals surface area contributed by atoms with Gasteiger partial charge in [-0.05, 0) is 18.2 Å². The van der Waals surface area contributed by atoms with Gasteiger partial charge in [-0.15, -0.1) is 0 Å². The second-order valence-electron chi connectivity index (χ2n) is 6.00. The Morgan fingerprint density at radius 2 is 1.71 bits per heavy atom. The first-order chi connectivity index (χ1) is 11.7. The Morgan fingerprint density at radius 1 is 1.04 bits per heavy atom. The molecule has 0 saturated carbocycles. The van der Waals surface area contributed by atoms with E-state index in [1.165, 1.54) is 10.5 Å². The molecule has 5 heteroatoms. The Morgan fingerprint density at radius 3 is 2.42 bits per heavy atom. The molecule has 0 bridgehead atoms. The number of nitrogens with one attached hydrogen (secondary N) is 1. The highest BCUT2D eigenvalue weighted by Crippen LogP contribution is 2.14. The number of hydrogen-bond donors (Lipinski definition) is 1. The highest BCUT2D eigenvalue weighted by atomic mass is 79.9. The van der Waals surface area contributed by atoms with Crippen LogP contribution in [0.1, 0.15) is 5.56 Å². The molecule has 3 rings (SSSR count). The third kappa shape index (κ3) is 4.58. The molecule has 0 unspecified atom stereocenters. The Balaban J connectivity index is 1.44. The zero-order valence-electron chi connectivity index (χ0n) is 13.6. The van der Waals surface area contributed by atoms with Gasteiger partial charge >= 0.3 is 0 Å². The minimum absolute atomic E-state index is 0.0683. The summed E-state index contributed by atoms with van der Waals surface area (Å²) in [5.41, 5.74) is 1.32. The van der Waals surface area contributed by atoms with E-state index in [4.69, 9.17) is 4.74 Å². The number of hydrogen-bond acceptors (Lipinski definition) is 2. The summed E-state index contributed by atoms with van der Waals surface area (Å²) in [6.07, 6.45) is 0. The highest BCUT2D eigenvalue weighted by molar-refractivity contribution is 9.10. The van der Waals surface area contributed by atoms with Crippen LogP contribution < -0.4 is 9.64 Å². The summed E-state index contributed by atoms with van der Waals surface area (Å²) in [5, 5.41) is 0. The van der Waals surface area contributed by atoms with Crippen LogP contribution in [0.5, 0.6) is 5.75 Å². The molecule has 1 aliphatic rings. The maximum atomic E-state index is 12.3. The maximum Gasteiger partial charge on any atom is 0.260 e. The van der Waals surface area contributed by atoms with E-state index in [0.29, 0.717) is 0 Å². The van der Waals surface area contributed by atoms with Gasteiger partial charge in [0.2, 0.25) is 0 Å². The Hall–Kier alpha value is -1.85. The summed E-state index contributed by atoms with van der Waals surface area (Å²) in [6.45, 7) is 4.62. The van der Waals surface area contributed by atoms with E-state index in [1.807, 2.05) is 41.3 Å². The van der Waals surface area contributed by atoms with Gasteiger partial charge in [-0.1, -0.05) is 52.3 Å². The molecule has 0 aromatic heterocycles. The molecule has 0 radical (unpaired) electrons. The molecule has 1 amide bonds. The number of halogens is 1. The van der Waals surface area contributed by atoms with E-state index >= 15 is 0 Å². The lowest BCUT2D eigenvalue weighted by atomic mass is 10.2. The summed E-state index contributed by atoms with van der Waals surface area (Å²) in [5.74, 6) is 0.808. The van der Waals surface area contributed by atoms with E-state index < -0.39 is 0 Å². The lowest BCUT2D eigenvalue weighted by Crippen LogP contribution is -3.13. The van der Waals surface area contributed by atoms with Crippen LogP contribution in [-0.2, 0) is 11.3 Å². The predicted octanol–water partition coefficient (Wildman–Crippen LogP) is 1.76. The van der Waals surface area contributed by atoms with Gasteiger partial charge in [-0.25, -0.2) is 0 Å². The number of para-hydroxylation sites is 1. The van der Waals surface area contributed by atoms with E-state index in [0.717, 1.165) is 42.9 Å². The summed E-state index contributed by atoms with van der Waals surface area (Å²) < 4.78 is 6.71. The molecule has 0 aliphatic carbocycles. The van der Waals surface area contributed by atoms with Crippen LogP contribution in [0.25, 0.3) is 0 Å². The molecule has 1 saturated heterocycles. The van der Waals surface area contributed by atoms with Crippen LogP contribution in [0.15, 0.2) is 59.1 Å². The van der Waals surface area contributed by atoms with Crippen molar-refractivity contribution in [3.8, 4) is 5.75 Å². The van der Waals surface area contributed by atoms with Crippen LogP contribution in [-0.4, -0.2) is 43.6 Å². The zero-order valence-corrected chi connectivity index (χ0v) is 15.2. The molecule has 0 spiro atoms. The SMILES string of the molecule is O=C(COc1ccccc1)N1CC[NH+](Cc2ccccc2Br)CC1. The normalized spacial score (nSPS) is 15.3. The van der Waals surface area contributed by atoms with E-state index in [1.54, 1.807) is 0 Å². The molecule has 1 N–H and O–H groups in total. The molecule has 24 heavy (non-hydrogen) atoms. The van der Waals surface area contributed by atoms with E-state index in [2.05, 4.69) is 34.1 Å². The van der Waals surface area contributed by atoms with Gasteiger partial charge in [0.25, 0.3) is 5.91 Å². The number of nitrogens with zero attached hydrogens (tertiary/aromatic N) is 1. The summed E-state index contributed by atoms with van der Waals surface area (Å²) in [6, 6.07) is 17.8. The fourth-order valence-corrected chi connectivity index (χ4v) is 3.34. The van der Waals surface area contributed by atoms with Gasteiger partial charge in [0.05, 0.1) is 26.2 Å². The molecular formula is C19H22BrN2O2+. The van der Waals surface area contributed by atoms with E-state index in [-0.39, 0.29) is 12.5 Å². The summed E-state index contributed by atoms with van der Waals surface area (Å²) in [4.78, 5) is 15.7. The second-order valence-corrected chi connectivity index (χ2v) is 6.86. The molecule has 1 fully saturated rings. The topological polar surface area (TPSA) is 34.0 Å². The third-order valence-corrected chi connectivity index (χ3v) is 5.10. The lowest BCUT2D eigenvalue weighted by Gasteiger charge is -2.32. The molecule has 2 aromatic carbocycles. The standard InChI is InChI=1S/C19H21BrN2O2/c20-18-9-5-4-6-16(18)14-21-10-12-22(13-11-21)19(23)15-24-17-7-2-1-3-8-17/h1-9H,10-15H2/p+1. The molecular weight excluding hydrogens is 368 g/mol. The quantitative estimate of drug-likeness (QED) is 0.845. The van der Waals surface area contributed by atoms with Crippen LogP contribution in [0.3, 0.4) is 0 Å². The number of quaternary nitrogens is 1. The Labute approximate surface area is 151 Å². The van der Waals surface area contributed by atoms with Crippen molar-refractivity contribution in [2.45, 2.75) is 6.54 Å². The molecule has 2 aromatic rings. The maximum absolute atomic E-state index is 12.3. The van der Waals surface area contributed by atoms with Gasteiger partial charge in [0.1, 0.15) is 12.3 Å². The van der Waals surface area contributed by atoms with Crippen LogP contribution in [0.2, 0.25) is 0 Å². The smallest absolute Gasteiger partial charge is 0.260 e.